The minimum Gasteiger partial charge on any atom is -0.465 e. The van der Waals surface area contributed by atoms with Crippen LogP contribution in [0.4, 0.5) is 0 Å². The summed E-state index contributed by atoms with van der Waals surface area (Å²) in [6.07, 6.45) is 0. The van der Waals surface area contributed by atoms with E-state index < -0.39 is 0 Å². The molecule has 0 aromatic heterocycles. The molecule has 0 amide bonds. The normalized spacial score (nSPS) is 12.1. The fraction of sp³-hybridized carbons (Fsp3) is 0.467. The van der Waals surface area contributed by atoms with Crippen LogP contribution >= 0.6 is 0 Å². The number of rotatable bonds is 6. The average Bonchev–Trinajstić information content (AvgIpc) is 2.37. The standard InChI is InChI=1S/C15H21NO3/c1-12(15(3,4)11-18-13(2)17)16-19-10-14-8-6-5-7-9-14/h5-9H,10-11H2,1-4H3/b16-12+. The lowest BCUT2D eigenvalue weighted by atomic mass is 9.89. The second-order valence-corrected chi connectivity index (χ2v) is 5.10. The molecular weight excluding hydrogens is 242 g/mol. The van der Waals surface area contributed by atoms with Gasteiger partial charge in [-0.15, -0.1) is 0 Å². The largest absolute Gasteiger partial charge is 0.465 e. The molecule has 0 heterocycles. The number of hydrogen-bond donors (Lipinski definition) is 0. The summed E-state index contributed by atoms with van der Waals surface area (Å²) in [6.45, 7) is 7.92. The van der Waals surface area contributed by atoms with E-state index in [4.69, 9.17) is 9.57 Å². The lowest BCUT2D eigenvalue weighted by molar-refractivity contribution is -0.142. The van der Waals surface area contributed by atoms with Crippen LogP contribution < -0.4 is 0 Å². The van der Waals surface area contributed by atoms with E-state index in [1.165, 1.54) is 6.92 Å². The van der Waals surface area contributed by atoms with Crippen molar-refractivity contribution < 1.29 is 14.4 Å². The predicted molar refractivity (Wildman–Crippen MR) is 74.8 cm³/mol. The third kappa shape index (κ3) is 5.55. The number of esters is 1. The molecule has 0 aliphatic rings. The third-order valence-corrected chi connectivity index (χ3v) is 2.89. The molecule has 0 N–H and O–H groups in total. The highest BCUT2D eigenvalue weighted by Crippen LogP contribution is 2.18. The molecule has 0 atom stereocenters. The SMILES string of the molecule is CC(=O)OCC(C)(C)/C(C)=N/OCc1ccccc1. The zero-order chi connectivity index (χ0) is 14.3. The fourth-order valence-corrected chi connectivity index (χ4v) is 1.29. The molecule has 0 aliphatic carbocycles. The molecule has 0 unspecified atom stereocenters. The summed E-state index contributed by atoms with van der Waals surface area (Å²) in [7, 11) is 0. The Morgan fingerprint density at radius 2 is 1.84 bits per heavy atom. The lowest BCUT2D eigenvalue weighted by Gasteiger charge is -2.23. The Kier molecular flexibility index (Phi) is 5.55. The van der Waals surface area contributed by atoms with Crippen LogP contribution in [-0.2, 0) is 21.0 Å². The van der Waals surface area contributed by atoms with Gasteiger partial charge >= 0.3 is 5.97 Å². The summed E-state index contributed by atoms with van der Waals surface area (Å²) < 4.78 is 5.02. The average molecular weight is 263 g/mol. The smallest absolute Gasteiger partial charge is 0.302 e. The van der Waals surface area contributed by atoms with E-state index in [9.17, 15) is 4.79 Å². The molecule has 4 nitrogen and oxygen atoms in total. The number of nitrogens with zero attached hydrogens (tertiary/aromatic N) is 1. The summed E-state index contributed by atoms with van der Waals surface area (Å²) in [6, 6.07) is 9.84. The molecule has 0 radical (unpaired) electrons. The van der Waals surface area contributed by atoms with Crippen LogP contribution in [0, 0.1) is 5.41 Å². The minimum absolute atomic E-state index is 0.286. The van der Waals surface area contributed by atoms with Crippen molar-refractivity contribution in [1.29, 1.82) is 0 Å². The molecule has 0 aliphatic heterocycles. The molecule has 1 rings (SSSR count). The number of carbonyl (C=O) groups is 1. The molecular formula is C15H21NO3. The second kappa shape index (κ2) is 6.92. The van der Waals surface area contributed by atoms with E-state index in [2.05, 4.69) is 5.16 Å². The summed E-state index contributed by atoms with van der Waals surface area (Å²) in [5.41, 5.74) is 1.53. The van der Waals surface area contributed by atoms with Crippen molar-refractivity contribution in [2.24, 2.45) is 10.6 Å². The van der Waals surface area contributed by atoms with Crippen LogP contribution in [0.5, 0.6) is 0 Å². The van der Waals surface area contributed by atoms with Crippen molar-refractivity contribution in [2.45, 2.75) is 34.3 Å². The molecule has 0 fully saturated rings. The van der Waals surface area contributed by atoms with Crippen molar-refractivity contribution in [3.8, 4) is 0 Å². The van der Waals surface area contributed by atoms with Crippen LogP contribution in [0.2, 0.25) is 0 Å². The van der Waals surface area contributed by atoms with Crippen LogP contribution in [-0.4, -0.2) is 18.3 Å². The Bertz CT molecular complexity index is 438. The third-order valence-electron chi connectivity index (χ3n) is 2.89. The molecule has 19 heavy (non-hydrogen) atoms. The van der Waals surface area contributed by atoms with Crippen molar-refractivity contribution in [2.75, 3.05) is 6.61 Å². The second-order valence-electron chi connectivity index (χ2n) is 5.10. The van der Waals surface area contributed by atoms with Gasteiger partial charge < -0.3 is 9.57 Å². The summed E-state index contributed by atoms with van der Waals surface area (Å²) in [5, 5.41) is 4.09. The molecule has 0 saturated carbocycles. The highest BCUT2D eigenvalue weighted by Gasteiger charge is 2.24. The van der Waals surface area contributed by atoms with Crippen LogP contribution in [0.1, 0.15) is 33.3 Å². The molecule has 0 saturated heterocycles. The minimum atomic E-state index is -0.331. The van der Waals surface area contributed by atoms with Crippen molar-refractivity contribution in [3.63, 3.8) is 0 Å². The molecule has 4 heteroatoms. The maximum atomic E-state index is 10.8. The van der Waals surface area contributed by atoms with E-state index in [1.54, 1.807) is 0 Å². The molecule has 104 valence electrons. The summed E-state index contributed by atoms with van der Waals surface area (Å²) >= 11 is 0. The van der Waals surface area contributed by atoms with Gasteiger partial charge in [-0.2, -0.15) is 0 Å². The Morgan fingerprint density at radius 1 is 1.21 bits per heavy atom. The fourth-order valence-electron chi connectivity index (χ4n) is 1.29. The van der Waals surface area contributed by atoms with Gasteiger partial charge in [-0.05, 0) is 12.5 Å². The Morgan fingerprint density at radius 3 is 2.42 bits per heavy atom. The van der Waals surface area contributed by atoms with Crippen molar-refractivity contribution >= 4 is 11.7 Å². The van der Waals surface area contributed by atoms with Gasteiger partial charge in [0.25, 0.3) is 0 Å². The van der Waals surface area contributed by atoms with Crippen molar-refractivity contribution in [3.05, 3.63) is 35.9 Å². The van der Waals surface area contributed by atoms with Gasteiger partial charge in [0.15, 0.2) is 0 Å². The summed E-state index contributed by atoms with van der Waals surface area (Å²) in [4.78, 5) is 16.1. The topological polar surface area (TPSA) is 47.9 Å². The zero-order valence-corrected chi connectivity index (χ0v) is 12.0. The molecule has 1 aromatic rings. The Hall–Kier alpha value is -1.84. The monoisotopic (exact) mass is 263 g/mol. The van der Waals surface area contributed by atoms with Gasteiger partial charge in [0, 0.05) is 12.3 Å². The number of benzene rings is 1. The van der Waals surface area contributed by atoms with E-state index in [1.807, 2.05) is 51.1 Å². The lowest BCUT2D eigenvalue weighted by Crippen LogP contribution is -2.29. The van der Waals surface area contributed by atoms with Gasteiger partial charge in [-0.3, -0.25) is 4.79 Å². The first-order valence-corrected chi connectivity index (χ1v) is 6.26. The van der Waals surface area contributed by atoms with Gasteiger partial charge in [0.05, 0.1) is 5.71 Å². The maximum Gasteiger partial charge on any atom is 0.302 e. The summed E-state index contributed by atoms with van der Waals surface area (Å²) in [5.74, 6) is -0.286. The highest BCUT2D eigenvalue weighted by molar-refractivity contribution is 5.87. The Balaban J connectivity index is 2.49. The van der Waals surface area contributed by atoms with Gasteiger partial charge in [0.1, 0.15) is 13.2 Å². The van der Waals surface area contributed by atoms with Crippen molar-refractivity contribution in [1.82, 2.24) is 0 Å². The van der Waals surface area contributed by atoms with Crippen LogP contribution in [0.25, 0.3) is 0 Å². The Labute approximate surface area is 114 Å². The molecule has 1 aromatic carbocycles. The predicted octanol–water partition coefficient (Wildman–Crippen LogP) is 3.17. The number of ether oxygens (including phenoxy) is 1. The van der Waals surface area contributed by atoms with E-state index in [-0.39, 0.29) is 11.4 Å². The van der Waals surface area contributed by atoms with E-state index >= 15 is 0 Å². The van der Waals surface area contributed by atoms with Gasteiger partial charge in [-0.25, -0.2) is 0 Å². The zero-order valence-electron chi connectivity index (χ0n) is 12.0. The van der Waals surface area contributed by atoms with Crippen LogP contribution in [0.3, 0.4) is 0 Å². The maximum absolute atomic E-state index is 10.8. The van der Waals surface area contributed by atoms with Gasteiger partial charge in [0.2, 0.25) is 0 Å². The molecule has 0 bridgehead atoms. The first kappa shape index (κ1) is 15.2. The first-order valence-electron chi connectivity index (χ1n) is 6.26. The first-order chi connectivity index (χ1) is 8.92. The number of carbonyl (C=O) groups excluding carboxylic acids is 1. The number of hydrogen-bond acceptors (Lipinski definition) is 4. The highest BCUT2D eigenvalue weighted by atomic mass is 16.6. The van der Waals surface area contributed by atoms with E-state index in [0.29, 0.717) is 13.2 Å². The van der Waals surface area contributed by atoms with Crippen LogP contribution in [0.15, 0.2) is 35.5 Å². The van der Waals surface area contributed by atoms with E-state index in [0.717, 1.165) is 11.3 Å². The quantitative estimate of drug-likeness (QED) is 0.450. The molecule has 0 spiro atoms. The van der Waals surface area contributed by atoms with Gasteiger partial charge in [-0.1, -0.05) is 49.3 Å². The number of oxime groups is 1.